The lowest BCUT2D eigenvalue weighted by Crippen LogP contribution is -2.44. The largest absolute Gasteiger partial charge is 0.433 e. The molecule has 1 fully saturated rings. The minimum Gasteiger partial charge on any atom is -0.338 e. The van der Waals surface area contributed by atoms with E-state index in [4.69, 9.17) is 11.6 Å². The smallest absolute Gasteiger partial charge is 0.338 e. The van der Waals surface area contributed by atoms with Gasteiger partial charge in [0.2, 0.25) is 5.95 Å². The highest BCUT2D eigenvalue weighted by atomic mass is 35.5. The van der Waals surface area contributed by atoms with Gasteiger partial charge in [-0.15, -0.1) is 0 Å². The van der Waals surface area contributed by atoms with Crippen LogP contribution in [0, 0.1) is 0 Å². The number of halogens is 4. The molecule has 0 aliphatic carbocycles. The molecular formula is C9H10ClF3N4. The first kappa shape index (κ1) is 12.4. The monoisotopic (exact) mass is 266 g/mol. The number of nitrogens with one attached hydrogen (secondary N) is 1. The maximum atomic E-state index is 12.5. The fourth-order valence-corrected chi connectivity index (χ4v) is 1.74. The van der Waals surface area contributed by atoms with Gasteiger partial charge in [-0.1, -0.05) is 11.6 Å². The Morgan fingerprint density at radius 2 is 1.88 bits per heavy atom. The van der Waals surface area contributed by atoms with Crippen LogP contribution < -0.4 is 10.2 Å². The summed E-state index contributed by atoms with van der Waals surface area (Å²) in [6.07, 6.45) is -4.50. The third-order valence-electron chi connectivity index (χ3n) is 2.37. The zero-order valence-corrected chi connectivity index (χ0v) is 9.52. The third kappa shape index (κ3) is 2.98. The number of hydrogen-bond donors (Lipinski definition) is 1. The molecule has 1 N–H and O–H groups in total. The Balaban J connectivity index is 2.31. The number of piperazine rings is 1. The fourth-order valence-electron chi connectivity index (χ4n) is 1.56. The van der Waals surface area contributed by atoms with Crippen LogP contribution >= 0.6 is 11.6 Å². The molecule has 0 amide bonds. The summed E-state index contributed by atoms with van der Waals surface area (Å²) >= 11 is 5.58. The summed E-state index contributed by atoms with van der Waals surface area (Å²) in [4.78, 5) is 9.01. The van der Waals surface area contributed by atoms with Crippen molar-refractivity contribution in [3.63, 3.8) is 0 Å². The van der Waals surface area contributed by atoms with Crippen molar-refractivity contribution in [1.82, 2.24) is 15.3 Å². The highest BCUT2D eigenvalue weighted by Crippen LogP contribution is 2.30. The second-order valence-electron chi connectivity index (χ2n) is 3.61. The van der Waals surface area contributed by atoms with E-state index in [9.17, 15) is 13.2 Å². The number of hydrogen-bond acceptors (Lipinski definition) is 4. The van der Waals surface area contributed by atoms with Gasteiger partial charge in [0, 0.05) is 32.2 Å². The maximum Gasteiger partial charge on any atom is 0.433 e. The van der Waals surface area contributed by atoms with Crippen LogP contribution in [-0.2, 0) is 6.18 Å². The molecule has 8 heteroatoms. The van der Waals surface area contributed by atoms with Gasteiger partial charge in [-0.05, 0) is 0 Å². The van der Waals surface area contributed by atoms with Crippen molar-refractivity contribution in [2.75, 3.05) is 31.1 Å². The third-order valence-corrected chi connectivity index (χ3v) is 2.57. The van der Waals surface area contributed by atoms with Crippen molar-refractivity contribution in [2.45, 2.75) is 6.18 Å². The summed E-state index contributed by atoms with van der Waals surface area (Å²) in [6, 6.07) is 0.729. The summed E-state index contributed by atoms with van der Waals surface area (Å²) in [5.41, 5.74) is -1.01. The van der Waals surface area contributed by atoms with Crippen LogP contribution in [0.25, 0.3) is 0 Å². The normalized spacial score (nSPS) is 17.3. The second kappa shape index (κ2) is 4.66. The van der Waals surface area contributed by atoms with Gasteiger partial charge in [0.25, 0.3) is 0 Å². The molecule has 1 aromatic heterocycles. The van der Waals surface area contributed by atoms with Gasteiger partial charge in [-0.2, -0.15) is 13.2 Å². The highest BCUT2D eigenvalue weighted by Gasteiger charge is 2.34. The first-order valence-electron chi connectivity index (χ1n) is 5.04. The first-order chi connectivity index (χ1) is 7.97. The van der Waals surface area contributed by atoms with Gasteiger partial charge in [0.1, 0.15) is 5.15 Å². The van der Waals surface area contributed by atoms with Crippen molar-refractivity contribution >= 4 is 17.5 Å². The standard InChI is InChI=1S/C9H10ClF3N4/c10-7-5-6(9(11,12)13)15-8(16-7)17-3-1-14-2-4-17/h5,14H,1-4H2. The van der Waals surface area contributed by atoms with Crippen LogP contribution in [0.5, 0.6) is 0 Å². The Labute approximate surface area is 101 Å². The van der Waals surface area contributed by atoms with E-state index >= 15 is 0 Å². The van der Waals surface area contributed by atoms with Gasteiger partial charge >= 0.3 is 6.18 Å². The zero-order valence-electron chi connectivity index (χ0n) is 8.76. The minimum atomic E-state index is -4.50. The number of rotatable bonds is 1. The molecule has 0 unspecified atom stereocenters. The maximum absolute atomic E-state index is 12.5. The number of anilines is 1. The van der Waals surface area contributed by atoms with Crippen molar-refractivity contribution < 1.29 is 13.2 Å². The molecule has 0 saturated carbocycles. The number of alkyl halides is 3. The summed E-state index contributed by atoms with van der Waals surface area (Å²) in [5, 5.41) is 2.90. The molecule has 0 atom stereocenters. The number of aromatic nitrogens is 2. The van der Waals surface area contributed by atoms with E-state index in [0.29, 0.717) is 26.2 Å². The summed E-state index contributed by atoms with van der Waals surface area (Å²) in [6.45, 7) is 2.52. The van der Waals surface area contributed by atoms with E-state index in [-0.39, 0.29) is 11.1 Å². The molecule has 1 aromatic rings. The van der Waals surface area contributed by atoms with E-state index in [2.05, 4.69) is 15.3 Å². The highest BCUT2D eigenvalue weighted by molar-refractivity contribution is 6.29. The van der Waals surface area contributed by atoms with Crippen molar-refractivity contribution in [3.8, 4) is 0 Å². The lowest BCUT2D eigenvalue weighted by Gasteiger charge is -2.27. The molecule has 0 bridgehead atoms. The molecule has 1 saturated heterocycles. The molecule has 0 spiro atoms. The molecule has 4 nitrogen and oxygen atoms in total. The quantitative estimate of drug-likeness (QED) is 0.783. The van der Waals surface area contributed by atoms with E-state index < -0.39 is 11.9 Å². The number of nitrogens with zero attached hydrogens (tertiary/aromatic N) is 3. The minimum absolute atomic E-state index is 0.0336. The Hall–Kier alpha value is -1.08. The lowest BCUT2D eigenvalue weighted by molar-refractivity contribution is -0.141. The average Bonchev–Trinajstić information content (AvgIpc) is 2.28. The van der Waals surface area contributed by atoms with Crippen LogP contribution in [0.15, 0.2) is 6.07 Å². The predicted octanol–water partition coefficient (Wildman–Crippen LogP) is 1.56. The van der Waals surface area contributed by atoms with Crippen LogP contribution in [0.1, 0.15) is 5.69 Å². The van der Waals surface area contributed by atoms with Crippen LogP contribution in [-0.4, -0.2) is 36.1 Å². The SMILES string of the molecule is FC(F)(F)c1cc(Cl)nc(N2CCNCC2)n1. The Bertz CT molecular complexity index is 404. The van der Waals surface area contributed by atoms with Gasteiger partial charge in [-0.25, -0.2) is 9.97 Å². The van der Waals surface area contributed by atoms with Crippen molar-refractivity contribution in [2.24, 2.45) is 0 Å². The van der Waals surface area contributed by atoms with Gasteiger partial charge in [-0.3, -0.25) is 0 Å². The topological polar surface area (TPSA) is 41.1 Å². The summed E-state index contributed by atoms with van der Waals surface area (Å²) in [5.74, 6) is 0.0336. The zero-order chi connectivity index (χ0) is 12.5. The molecule has 1 aliphatic rings. The fraction of sp³-hybridized carbons (Fsp3) is 0.556. The molecule has 2 rings (SSSR count). The van der Waals surface area contributed by atoms with Gasteiger partial charge in [0.15, 0.2) is 5.69 Å². The molecule has 0 aromatic carbocycles. The Kier molecular flexibility index (Phi) is 3.39. The van der Waals surface area contributed by atoms with Crippen LogP contribution in [0.3, 0.4) is 0 Å². The summed E-state index contributed by atoms with van der Waals surface area (Å²) < 4.78 is 37.6. The predicted molar refractivity (Wildman–Crippen MR) is 57.1 cm³/mol. The lowest BCUT2D eigenvalue weighted by atomic mass is 10.3. The van der Waals surface area contributed by atoms with E-state index in [1.807, 2.05) is 0 Å². The molecule has 0 radical (unpaired) electrons. The van der Waals surface area contributed by atoms with Crippen molar-refractivity contribution in [1.29, 1.82) is 0 Å². The van der Waals surface area contributed by atoms with Crippen molar-refractivity contribution in [3.05, 3.63) is 16.9 Å². The molecule has 2 heterocycles. The van der Waals surface area contributed by atoms with E-state index in [0.717, 1.165) is 6.07 Å². The molecule has 1 aliphatic heterocycles. The second-order valence-corrected chi connectivity index (χ2v) is 4.00. The van der Waals surface area contributed by atoms with Crippen LogP contribution in [0.4, 0.5) is 19.1 Å². The molecule has 94 valence electrons. The van der Waals surface area contributed by atoms with Crippen LogP contribution in [0.2, 0.25) is 5.15 Å². The molecular weight excluding hydrogens is 257 g/mol. The first-order valence-corrected chi connectivity index (χ1v) is 5.42. The van der Waals surface area contributed by atoms with E-state index in [1.54, 1.807) is 4.90 Å². The van der Waals surface area contributed by atoms with E-state index in [1.165, 1.54) is 0 Å². The summed E-state index contributed by atoms with van der Waals surface area (Å²) in [7, 11) is 0. The molecule has 17 heavy (non-hydrogen) atoms. The Morgan fingerprint density at radius 3 is 2.47 bits per heavy atom. The average molecular weight is 267 g/mol. The van der Waals surface area contributed by atoms with Gasteiger partial charge < -0.3 is 10.2 Å². The van der Waals surface area contributed by atoms with Gasteiger partial charge in [0.05, 0.1) is 0 Å². The Morgan fingerprint density at radius 1 is 1.24 bits per heavy atom.